The number of hydrogen-bond donors (Lipinski definition) is 2. The van der Waals surface area contributed by atoms with Gasteiger partial charge in [-0.25, -0.2) is 4.79 Å². The molecule has 0 heterocycles. The zero-order valence-corrected chi connectivity index (χ0v) is 7.19. The molecule has 0 aromatic heterocycles. The summed E-state index contributed by atoms with van der Waals surface area (Å²) < 4.78 is 0. The van der Waals surface area contributed by atoms with Gasteiger partial charge in [-0.3, -0.25) is 0 Å². The molecule has 0 radical (unpaired) electrons. The summed E-state index contributed by atoms with van der Waals surface area (Å²) in [4.78, 5) is 10.5. The normalized spacial score (nSPS) is 10.5. The van der Waals surface area contributed by atoms with Gasteiger partial charge < -0.3 is 10.2 Å². The van der Waals surface area contributed by atoms with Crippen molar-refractivity contribution in [1.29, 1.82) is 0 Å². The van der Waals surface area contributed by atoms with Crippen LogP contribution in [-0.4, -0.2) is 61.7 Å². The van der Waals surface area contributed by atoms with Crippen molar-refractivity contribution in [3.8, 4) is 5.75 Å². The predicted octanol–water partition coefficient (Wildman–Crippen LogP) is 0.964. The number of aliphatic carboxylic acids is 1. The van der Waals surface area contributed by atoms with E-state index in [1.165, 1.54) is 19.1 Å². The Morgan fingerprint density at radius 3 is 2.21 bits per heavy atom. The Morgan fingerprint density at radius 2 is 1.79 bits per heavy atom. The van der Waals surface area contributed by atoms with Crippen molar-refractivity contribution in [1.82, 2.24) is 0 Å². The molecule has 0 aliphatic rings. The van der Waals surface area contributed by atoms with E-state index in [2.05, 4.69) is 0 Å². The summed E-state index contributed by atoms with van der Waals surface area (Å²) in [5, 5.41) is 17.5. The molecule has 0 aliphatic heterocycles. The summed E-state index contributed by atoms with van der Waals surface area (Å²) in [7, 11) is 0. The van der Waals surface area contributed by atoms with E-state index >= 15 is 0 Å². The first-order valence-electron chi connectivity index (χ1n) is 3.80. The van der Waals surface area contributed by atoms with Gasteiger partial charge in [0.2, 0.25) is 0 Å². The van der Waals surface area contributed by atoms with Crippen molar-refractivity contribution in [3.63, 3.8) is 0 Å². The monoisotopic (exact) mass is 268 g/mol. The molecule has 0 unspecified atom stereocenters. The summed E-state index contributed by atoms with van der Waals surface area (Å²) in [6.45, 7) is 1.52. The second-order valence-electron chi connectivity index (χ2n) is 2.72. The fourth-order valence-corrected chi connectivity index (χ4v) is 0.882. The third-order valence-corrected chi connectivity index (χ3v) is 1.61. The summed E-state index contributed by atoms with van der Waals surface area (Å²) in [5.41, 5.74) is 1.03. The molecule has 0 bridgehead atoms. The van der Waals surface area contributed by atoms with Crippen LogP contribution in [0.2, 0.25) is 0 Å². The Bertz CT molecular complexity index is 341. The molecule has 0 fully saturated rings. The Kier molecular flexibility index (Phi) is 6.11. The number of carboxylic acids is 1. The zero-order chi connectivity index (χ0) is 9.84. The van der Waals surface area contributed by atoms with Crippen LogP contribution in [0.1, 0.15) is 12.5 Å². The molecule has 0 atom stereocenters. The van der Waals surface area contributed by atoms with Crippen molar-refractivity contribution >= 4 is 57.5 Å². The molecule has 1 aromatic carbocycles. The number of phenolic OH excluding ortho intramolecular Hbond substituents is 1. The Morgan fingerprint density at radius 1 is 1.29 bits per heavy atom. The molecule has 0 amide bonds. The summed E-state index contributed by atoms with van der Waals surface area (Å²) in [6.07, 6.45) is 1.54. The van der Waals surface area contributed by atoms with Gasteiger partial charge >= 0.3 is 51.5 Å². The fourth-order valence-electron chi connectivity index (χ4n) is 0.882. The Labute approximate surface area is 119 Å². The molecule has 0 spiro atoms. The number of hydrogen-bond acceptors (Lipinski definition) is 2. The first-order chi connectivity index (χ1) is 6.09. The van der Waals surface area contributed by atoms with Crippen molar-refractivity contribution in [3.05, 3.63) is 35.4 Å². The van der Waals surface area contributed by atoms with E-state index < -0.39 is 5.97 Å². The van der Waals surface area contributed by atoms with Crippen LogP contribution in [0, 0.1) is 0 Å². The average molecular weight is 268 g/mol. The topological polar surface area (TPSA) is 57.5 Å². The van der Waals surface area contributed by atoms with Gasteiger partial charge in [0.25, 0.3) is 0 Å². The van der Waals surface area contributed by atoms with E-state index in [1.54, 1.807) is 18.2 Å². The molecule has 14 heavy (non-hydrogen) atoms. The van der Waals surface area contributed by atoms with Gasteiger partial charge in [0, 0.05) is 5.57 Å². The quantitative estimate of drug-likeness (QED) is 0.620. The van der Waals surface area contributed by atoms with Crippen LogP contribution in [0.3, 0.4) is 0 Å². The van der Waals surface area contributed by atoms with E-state index in [0.29, 0.717) is 0 Å². The molecule has 0 saturated carbocycles. The number of aromatic hydroxyl groups is 1. The number of rotatable bonds is 2. The maximum absolute atomic E-state index is 10.5. The van der Waals surface area contributed by atoms with Crippen molar-refractivity contribution < 1.29 is 15.0 Å². The van der Waals surface area contributed by atoms with E-state index in [9.17, 15) is 4.79 Å². The number of phenols is 1. The van der Waals surface area contributed by atoms with Gasteiger partial charge in [0.05, 0.1) is 0 Å². The fraction of sp³-hybridized carbons (Fsp3) is 0.100. The molecular formula is C10H12O3Sr. The second kappa shape index (κ2) is 6.24. The number of carboxylic acid groups (broad SMARTS) is 1. The maximum atomic E-state index is 10.5. The van der Waals surface area contributed by atoms with Gasteiger partial charge in [0.1, 0.15) is 5.75 Å². The van der Waals surface area contributed by atoms with Gasteiger partial charge in [-0.05, 0) is 30.7 Å². The van der Waals surface area contributed by atoms with Crippen LogP contribution in [0.4, 0.5) is 0 Å². The summed E-state index contributed by atoms with van der Waals surface area (Å²) in [6, 6.07) is 6.34. The van der Waals surface area contributed by atoms with Crippen molar-refractivity contribution in [2.45, 2.75) is 6.92 Å². The predicted molar refractivity (Wildman–Crippen MR) is 57.9 cm³/mol. The van der Waals surface area contributed by atoms with Crippen LogP contribution < -0.4 is 0 Å². The van der Waals surface area contributed by atoms with Crippen LogP contribution in [-0.2, 0) is 4.79 Å². The van der Waals surface area contributed by atoms with Crippen LogP contribution >= 0.6 is 0 Å². The Hall–Kier alpha value is -0.289. The zero-order valence-electron chi connectivity index (χ0n) is 7.19. The van der Waals surface area contributed by atoms with Crippen LogP contribution in [0.5, 0.6) is 5.75 Å². The van der Waals surface area contributed by atoms with Crippen molar-refractivity contribution in [2.75, 3.05) is 0 Å². The van der Waals surface area contributed by atoms with Gasteiger partial charge in [-0.15, -0.1) is 0 Å². The van der Waals surface area contributed by atoms with E-state index in [-0.39, 0.29) is 56.8 Å². The Balaban J connectivity index is 0.00000169. The number of benzene rings is 1. The molecule has 1 aromatic rings. The van der Waals surface area contributed by atoms with Gasteiger partial charge in [-0.1, -0.05) is 12.1 Å². The molecule has 3 nitrogen and oxygen atoms in total. The van der Waals surface area contributed by atoms with Crippen LogP contribution in [0.25, 0.3) is 6.08 Å². The molecular weight excluding hydrogens is 256 g/mol. The third-order valence-electron chi connectivity index (χ3n) is 1.61. The van der Waals surface area contributed by atoms with Crippen LogP contribution in [0.15, 0.2) is 29.8 Å². The first-order valence-corrected chi connectivity index (χ1v) is 3.80. The molecule has 1 rings (SSSR count). The minimum absolute atomic E-state index is 0. The molecule has 4 heteroatoms. The second-order valence-corrected chi connectivity index (χ2v) is 2.72. The molecule has 2 N–H and O–H groups in total. The summed E-state index contributed by atoms with van der Waals surface area (Å²) in [5.74, 6) is -0.766. The molecule has 0 saturated heterocycles. The summed E-state index contributed by atoms with van der Waals surface area (Å²) >= 11 is 0. The number of carbonyl (C=O) groups is 1. The SMILES string of the molecule is CC(=Cc1ccc(O)cc1)C(=O)O.[SrH2]. The minimum atomic E-state index is -0.937. The van der Waals surface area contributed by atoms with E-state index in [0.717, 1.165) is 5.56 Å². The average Bonchev–Trinajstić information content (AvgIpc) is 2.08. The van der Waals surface area contributed by atoms with E-state index in [4.69, 9.17) is 10.2 Å². The first kappa shape index (κ1) is 13.7. The molecule has 72 valence electrons. The van der Waals surface area contributed by atoms with Gasteiger partial charge in [-0.2, -0.15) is 0 Å². The van der Waals surface area contributed by atoms with Crippen molar-refractivity contribution in [2.24, 2.45) is 0 Å². The van der Waals surface area contributed by atoms with E-state index in [1.807, 2.05) is 0 Å². The standard InChI is InChI=1S/C10H10O3.Sr.2H/c1-7(10(12)13)6-8-2-4-9(11)5-3-8;;;/h2-6,11H,1H3,(H,12,13);;;. The van der Waals surface area contributed by atoms with Gasteiger partial charge in [0.15, 0.2) is 0 Å². The third kappa shape index (κ3) is 4.28. The molecule has 0 aliphatic carbocycles.